The third-order valence-corrected chi connectivity index (χ3v) is 3.85. The van der Waals surface area contributed by atoms with E-state index in [1.807, 2.05) is 18.2 Å². The number of rotatable bonds is 7. The number of aromatic nitrogens is 1. The fraction of sp³-hybridized carbons (Fsp3) is 0.357. The molecule has 0 aliphatic rings. The Bertz CT molecular complexity index is 530. The zero-order valence-electron chi connectivity index (χ0n) is 11.4. The average Bonchev–Trinajstić information content (AvgIpc) is 2.88. The predicted molar refractivity (Wildman–Crippen MR) is 83.0 cm³/mol. The normalized spacial score (nSPS) is 12.2. The van der Waals surface area contributed by atoms with Crippen LogP contribution in [0.2, 0.25) is 4.34 Å². The van der Waals surface area contributed by atoms with Crippen LogP contribution in [0.15, 0.2) is 29.8 Å². The minimum absolute atomic E-state index is 0.181. The Morgan fingerprint density at radius 1 is 1.40 bits per heavy atom. The van der Waals surface area contributed by atoms with Gasteiger partial charge in [-0.25, -0.2) is 4.98 Å². The zero-order valence-corrected chi connectivity index (χ0v) is 13.0. The third kappa shape index (κ3) is 4.37. The van der Waals surface area contributed by atoms with Gasteiger partial charge in [0.05, 0.1) is 22.8 Å². The highest BCUT2D eigenvalue weighted by atomic mass is 35.5. The number of nitrogens with zero attached hydrogens (tertiary/aromatic N) is 1. The molecule has 2 heterocycles. The molecule has 0 aromatic carbocycles. The summed E-state index contributed by atoms with van der Waals surface area (Å²) >= 11 is 7.48. The van der Waals surface area contributed by atoms with Crippen molar-refractivity contribution in [3.8, 4) is 5.88 Å². The largest absolute Gasteiger partial charge is 0.475 e. The molecule has 2 rings (SSSR count). The Morgan fingerprint density at radius 3 is 2.85 bits per heavy atom. The van der Waals surface area contributed by atoms with Gasteiger partial charge in [-0.15, -0.1) is 11.3 Å². The molecule has 2 aromatic rings. The Morgan fingerprint density at radius 2 is 2.25 bits per heavy atom. The summed E-state index contributed by atoms with van der Waals surface area (Å²) in [6, 6.07) is 5.94. The van der Waals surface area contributed by atoms with Gasteiger partial charge in [0.25, 0.3) is 0 Å². The first-order valence-corrected chi connectivity index (χ1v) is 7.53. The number of anilines is 1. The molecule has 0 fully saturated rings. The van der Waals surface area contributed by atoms with E-state index in [4.69, 9.17) is 21.1 Å². The predicted octanol–water partition coefficient (Wildman–Crippen LogP) is 3.99. The van der Waals surface area contributed by atoms with E-state index in [0.29, 0.717) is 19.1 Å². The Balaban J connectivity index is 1.90. The second-order valence-corrected chi connectivity index (χ2v) is 5.82. The van der Waals surface area contributed by atoms with Gasteiger partial charge in [0.1, 0.15) is 6.61 Å². The molecule has 4 nitrogen and oxygen atoms in total. The molecule has 1 unspecified atom stereocenters. The number of hydrogen-bond acceptors (Lipinski definition) is 5. The Kier molecular flexibility index (Phi) is 5.64. The smallest absolute Gasteiger partial charge is 0.213 e. The summed E-state index contributed by atoms with van der Waals surface area (Å²) < 4.78 is 11.1. The number of nitrogens with one attached hydrogen (secondary N) is 1. The lowest BCUT2D eigenvalue weighted by Gasteiger charge is -2.14. The van der Waals surface area contributed by atoms with Crippen LogP contribution >= 0.6 is 22.9 Å². The minimum Gasteiger partial charge on any atom is -0.475 e. The fourth-order valence-corrected chi connectivity index (χ4v) is 2.65. The highest BCUT2D eigenvalue weighted by Gasteiger charge is 2.08. The summed E-state index contributed by atoms with van der Waals surface area (Å²) in [5.41, 5.74) is 2.11. The van der Waals surface area contributed by atoms with Gasteiger partial charge in [-0.3, -0.25) is 0 Å². The van der Waals surface area contributed by atoms with Crippen molar-refractivity contribution in [3.05, 3.63) is 39.7 Å². The number of pyridine rings is 1. The Hall–Kier alpha value is -1.30. The van der Waals surface area contributed by atoms with E-state index in [-0.39, 0.29) is 6.04 Å². The highest BCUT2D eigenvalue weighted by molar-refractivity contribution is 7.14. The SMILES string of the molecule is COCCOc1ccc(NC(C)c2csc(Cl)c2)cn1. The fourth-order valence-electron chi connectivity index (χ4n) is 1.66. The zero-order chi connectivity index (χ0) is 14.4. The van der Waals surface area contributed by atoms with Gasteiger partial charge in [0, 0.05) is 19.2 Å². The van der Waals surface area contributed by atoms with E-state index in [0.717, 1.165) is 10.0 Å². The molecule has 2 aromatic heterocycles. The molecule has 1 atom stereocenters. The third-order valence-electron chi connectivity index (χ3n) is 2.74. The van der Waals surface area contributed by atoms with E-state index in [1.54, 1.807) is 13.3 Å². The van der Waals surface area contributed by atoms with Crippen LogP contribution < -0.4 is 10.1 Å². The first-order valence-electron chi connectivity index (χ1n) is 6.27. The summed E-state index contributed by atoms with van der Waals surface area (Å²) in [5.74, 6) is 0.596. The van der Waals surface area contributed by atoms with Crippen LogP contribution in [-0.4, -0.2) is 25.3 Å². The molecule has 0 amide bonds. The maximum absolute atomic E-state index is 5.94. The summed E-state index contributed by atoms with van der Waals surface area (Å²) in [5, 5.41) is 5.42. The first kappa shape index (κ1) is 15.1. The van der Waals surface area contributed by atoms with E-state index < -0.39 is 0 Å². The van der Waals surface area contributed by atoms with Gasteiger partial charge in [-0.2, -0.15) is 0 Å². The summed E-state index contributed by atoms with van der Waals surface area (Å²) in [6.45, 7) is 3.14. The molecule has 1 N–H and O–H groups in total. The Labute approximate surface area is 127 Å². The second kappa shape index (κ2) is 7.47. The lowest BCUT2D eigenvalue weighted by Crippen LogP contribution is -2.07. The van der Waals surface area contributed by atoms with Crippen molar-refractivity contribution >= 4 is 28.6 Å². The number of hydrogen-bond donors (Lipinski definition) is 1. The van der Waals surface area contributed by atoms with Crippen LogP contribution in [0.3, 0.4) is 0 Å². The molecule has 0 saturated carbocycles. The van der Waals surface area contributed by atoms with Crippen LogP contribution in [0.1, 0.15) is 18.5 Å². The quantitative estimate of drug-likeness (QED) is 0.785. The number of thiophene rings is 1. The van der Waals surface area contributed by atoms with Crippen LogP contribution in [-0.2, 0) is 4.74 Å². The minimum atomic E-state index is 0.181. The summed E-state index contributed by atoms with van der Waals surface area (Å²) in [6.07, 6.45) is 1.76. The molecule has 0 saturated heterocycles. The molecule has 108 valence electrons. The van der Waals surface area contributed by atoms with Crippen LogP contribution in [0.25, 0.3) is 0 Å². The van der Waals surface area contributed by atoms with Gasteiger partial charge >= 0.3 is 0 Å². The maximum atomic E-state index is 5.94. The van der Waals surface area contributed by atoms with Gasteiger partial charge in [0.2, 0.25) is 5.88 Å². The lowest BCUT2D eigenvalue weighted by atomic mass is 10.2. The van der Waals surface area contributed by atoms with Gasteiger partial charge < -0.3 is 14.8 Å². The van der Waals surface area contributed by atoms with Crippen molar-refractivity contribution in [2.75, 3.05) is 25.6 Å². The van der Waals surface area contributed by atoms with Crippen molar-refractivity contribution < 1.29 is 9.47 Å². The van der Waals surface area contributed by atoms with E-state index in [9.17, 15) is 0 Å². The van der Waals surface area contributed by atoms with Gasteiger partial charge in [-0.05, 0) is 30.0 Å². The van der Waals surface area contributed by atoms with Crippen molar-refractivity contribution in [1.29, 1.82) is 0 Å². The van der Waals surface area contributed by atoms with Crippen LogP contribution in [0.5, 0.6) is 5.88 Å². The van der Waals surface area contributed by atoms with Gasteiger partial charge in [-0.1, -0.05) is 11.6 Å². The maximum Gasteiger partial charge on any atom is 0.213 e. The molecular formula is C14H17ClN2O2S. The highest BCUT2D eigenvalue weighted by Crippen LogP contribution is 2.27. The standard InChI is InChI=1S/C14H17ClN2O2S/c1-10(11-7-13(15)20-9-11)17-12-3-4-14(16-8-12)19-6-5-18-2/h3-4,7-10,17H,5-6H2,1-2H3. The molecule has 0 radical (unpaired) electrons. The van der Waals surface area contributed by atoms with Gasteiger partial charge in [0.15, 0.2) is 0 Å². The van der Waals surface area contributed by atoms with Crippen LogP contribution in [0, 0.1) is 0 Å². The van der Waals surface area contributed by atoms with E-state index in [1.165, 1.54) is 16.9 Å². The average molecular weight is 313 g/mol. The molecule has 0 spiro atoms. The van der Waals surface area contributed by atoms with Crippen molar-refractivity contribution in [3.63, 3.8) is 0 Å². The molecule has 0 aliphatic carbocycles. The van der Waals surface area contributed by atoms with Crippen molar-refractivity contribution in [2.24, 2.45) is 0 Å². The summed E-state index contributed by atoms with van der Waals surface area (Å²) in [7, 11) is 1.64. The molecule has 0 aliphatic heterocycles. The first-order chi connectivity index (χ1) is 9.69. The summed E-state index contributed by atoms with van der Waals surface area (Å²) in [4.78, 5) is 4.24. The molecule has 0 bridgehead atoms. The number of halogens is 1. The van der Waals surface area contributed by atoms with Crippen LogP contribution in [0.4, 0.5) is 5.69 Å². The van der Waals surface area contributed by atoms with E-state index in [2.05, 4.69) is 22.6 Å². The topological polar surface area (TPSA) is 43.4 Å². The van der Waals surface area contributed by atoms with Crippen molar-refractivity contribution in [2.45, 2.75) is 13.0 Å². The number of ether oxygens (including phenoxy) is 2. The molecule has 6 heteroatoms. The van der Waals surface area contributed by atoms with Crippen molar-refractivity contribution in [1.82, 2.24) is 4.98 Å². The molecule has 20 heavy (non-hydrogen) atoms. The number of methoxy groups -OCH3 is 1. The lowest BCUT2D eigenvalue weighted by molar-refractivity contribution is 0.144. The monoisotopic (exact) mass is 312 g/mol. The van der Waals surface area contributed by atoms with E-state index >= 15 is 0 Å². The second-order valence-electron chi connectivity index (χ2n) is 4.28. The molecular weight excluding hydrogens is 296 g/mol.